The van der Waals surface area contributed by atoms with Crippen LogP contribution in [0.15, 0.2) is 17.0 Å². The van der Waals surface area contributed by atoms with Crippen molar-refractivity contribution in [2.24, 2.45) is 5.41 Å². The van der Waals surface area contributed by atoms with E-state index in [0.29, 0.717) is 29.2 Å². The molecule has 0 amide bonds. The zero-order valence-electron chi connectivity index (χ0n) is 13.4. The SMILES string of the molecule is CCC1(CC)CCN(S(=O)(=O)c2cc(C)cc(N)c2C)C1. The van der Waals surface area contributed by atoms with Crippen LogP contribution >= 0.6 is 0 Å². The molecule has 2 rings (SSSR count). The summed E-state index contributed by atoms with van der Waals surface area (Å²) in [5.41, 5.74) is 8.16. The van der Waals surface area contributed by atoms with Gasteiger partial charge in [0.2, 0.25) is 10.0 Å². The molecule has 118 valence electrons. The van der Waals surface area contributed by atoms with Crippen molar-refractivity contribution in [3.63, 3.8) is 0 Å². The molecule has 1 aromatic rings. The predicted molar refractivity (Wildman–Crippen MR) is 86.7 cm³/mol. The summed E-state index contributed by atoms with van der Waals surface area (Å²) in [5.74, 6) is 0. The van der Waals surface area contributed by atoms with Crippen LogP contribution in [-0.2, 0) is 10.0 Å². The first kappa shape index (κ1) is 16.3. The molecule has 1 aliphatic rings. The van der Waals surface area contributed by atoms with Crippen molar-refractivity contribution in [2.75, 3.05) is 18.8 Å². The monoisotopic (exact) mass is 310 g/mol. The van der Waals surface area contributed by atoms with Crippen molar-refractivity contribution >= 4 is 15.7 Å². The fourth-order valence-corrected chi connectivity index (χ4v) is 5.08. The molecule has 1 saturated heterocycles. The number of anilines is 1. The molecule has 0 radical (unpaired) electrons. The summed E-state index contributed by atoms with van der Waals surface area (Å²) in [6, 6.07) is 3.56. The minimum Gasteiger partial charge on any atom is -0.398 e. The number of nitrogens with zero attached hydrogens (tertiary/aromatic N) is 1. The number of nitrogen functional groups attached to an aromatic ring is 1. The Balaban J connectivity index is 2.41. The highest BCUT2D eigenvalue weighted by molar-refractivity contribution is 7.89. The zero-order valence-corrected chi connectivity index (χ0v) is 14.3. The van der Waals surface area contributed by atoms with Crippen LogP contribution in [0.4, 0.5) is 5.69 Å². The molecule has 0 unspecified atom stereocenters. The van der Waals surface area contributed by atoms with Crippen molar-refractivity contribution in [1.82, 2.24) is 4.31 Å². The summed E-state index contributed by atoms with van der Waals surface area (Å²) in [6.45, 7) is 9.18. The van der Waals surface area contributed by atoms with Gasteiger partial charge in [-0.3, -0.25) is 0 Å². The number of hydrogen-bond donors (Lipinski definition) is 1. The van der Waals surface area contributed by atoms with Gasteiger partial charge in [-0.1, -0.05) is 13.8 Å². The maximum Gasteiger partial charge on any atom is 0.243 e. The third kappa shape index (κ3) is 2.81. The van der Waals surface area contributed by atoms with Gasteiger partial charge in [-0.05, 0) is 61.8 Å². The van der Waals surface area contributed by atoms with E-state index < -0.39 is 10.0 Å². The fraction of sp³-hybridized carbons (Fsp3) is 0.625. The van der Waals surface area contributed by atoms with Gasteiger partial charge in [0.1, 0.15) is 0 Å². The van der Waals surface area contributed by atoms with Crippen LogP contribution in [0.3, 0.4) is 0 Å². The van der Waals surface area contributed by atoms with Crippen LogP contribution in [0, 0.1) is 19.3 Å². The van der Waals surface area contributed by atoms with E-state index in [-0.39, 0.29) is 5.41 Å². The Kier molecular flexibility index (Phi) is 4.36. The van der Waals surface area contributed by atoms with Crippen LogP contribution < -0.4 is 5.73 Å². The van der Waals surface area contributed by atoms with Gasteiger partial charge in [0.15, 0.2) is 0 Å². The highest BCUT2D eigenvalue weighted by Gasteiger charge is 2.41. The zero-order chi connectivity index (χ0) is 15.8. The minimum absolute atomic E-state index is 0.135. The second kappa shape index (κ2) is 5.61. The summed E-state index contributed by atoms with van der Waals surface area (Å²) < 4.78 is 27.5. The average Bonchev–Trinajstić information content (AvgIpc) is 2.88. The van der Waals surface area contributed by atoms with Crippen LogP contribution in [0.1, 0.15) is 44.2 Å². The van der Waals surface area contributed by atoms with E-state index in [1.54, 1.807) is 17.3 Å². The first-order valence-corrected chi connectivity index (χ1v) is 9.06. The van der Waals surface area contributed by atoms with Crippen molar-refractivity contribution in [2.45, 2.75) is 51.9 Å². The van der Waals surface area contributed by atoms with E-state index in [1.165, 1.54) is 0 Å². The summed E-state index contributed by atoms with van der Waals surface area (Å²) in [6.07, 6.45) is 2.98. The lowest BCUT2D eigenvalue weighted by Gasteiger charge is -2.26. The van der Waals surface area contributed by atoms with E-state index in [0.717, 1.165) is 24.8 Å². The van der Waals surface area contributed by atoms with Crippen LogP contribution in [-0.4, -0.2) is 25.8 Å². The fourth-order valence-electron chi connectivity index (χ4n) is 3.19. The van der Waals surface area contributed by atoms with Crippen LogP contribution in [0.2, 0.25) is 0 Å². The summed E-state index contributed by atoms with van der Waals surface area (Å²) in [7, 11) is -3.45. The van der Waals surface area contributed by atoms with E-state index in [2.05, 4.69) is 13.8 Å². The van der Waals surface area contributed by atoms with E-state index >= 15 is 0 Å². The highest BCUT2D eigenvalue weighted by atomic mass is 32.2. The maximum absolute atomic E-state index is 12.9. The smallest absolute Gasteiger partial charge is 0.243 e. The molecule has 0 bridgehead atoms. The maximum atomic E-state index is 12.9. The molecule has 0 saturated carbocycles. The van der Waals surface area contributed by atoms with Gasteiger partial charge in [-0.15, -0.1) is 0 Å². The van der Waals surface area contributed by atoms with Gasteiger partial charge in [-0.2, -0.15) is 4.31 Å². The van der Waals surface area contributed by atoms with Gasteiger partial charge < -0.3 is 5.73 Å². The summed E-state index contributed by atoms with van der Waals surface area (Å²) in [5, 5.41) is 0. The molecule has 5 heteroatoms. The Bertz CT molecular complexity index is 634. The molecular formula is C16H26N2O2S. The third-order valence-corrected chi connectivity index (χ3v) is 7.04. The molecule has 2 N–H and O–H groups in total. The Hall–Kier alpha value is -1.07. The topological polar surface area (TPSA) is 63.4 Å². The molecule has 4 nitrogen and oxygen atoms in total. The lowest BCUT2D eigenvalue weighted by Crippen LogP contribution is -2.32. The number of hydrogen-bond acceptors (Lipinski definition) is 3. The van der Waals surface area contributed by atoms with E-state index in [1.807, 2.05) is 13.0 Å². The van der Waals surface area contributed by atoms with Crippen molar-refractivity contribution in [3.05, 3.63) is 23.3 Å². The van der Waals surface area contributed by atoms with Gasteiger partial charge in [0.25, 0.3) is 0 Å². The Labute approximate surface area is 128 Å². The second-order valence-electron chi connectivity index (χ2n) is 6.27. The van der Waals surface area contributed by atoms with Crippen molar-refractivity contribution < 1.29 is 8.42 Å². The standard InChI is InChI=1S/C16H26N2O2S/c1-5-16(6-2)7-8-18(11-16)21(19,20)15-10-12(3)9-14(17)13(15)4/h9-10H,5-8,11,17H2,1-4H3. The molecule has 0 aliphatic carbocycles. The van der Waals surface area contributed by atoms with Gasteiger partial charge >= 0.3 is 0 Å². The summed E-state index contributed by atoms with van der Waals surface area (Å²) >= 11 is 0. The number of nitrogens with two attached hydrogens (primary N) is 1. The Morgan fingerprint density at radius 1 is 1.24 bits per heavy atom. The van der Waals surface area contributed by atoms with E-state index in [9.17, 15) is 8.42 Å². The van der Waals surface area contributed by atoms with Gasteiger partial charge in [0.05, 0.1) is 4.90 Å². The predicted octanol–water partition coefficient (Wildman–Crippen LogP) is 3.09. The van der Waals surface area contributed by atoms with Crippen molar-refractivity contribution in [1.29, 1.82) is 0 Å². The molecule has 1 fully saturated rings. The molecule has 1 aromatic carbocycles. The second-order valence-corrected chi connectivity index (χ2v) is 8.18. The van der Waals surface area contributed by atoms with Crippen molar-refractivity contribution in [3.8, 4) is 0 Å². The number of aryl methyl sites for hydroxylation is 1. The van der Waals surface area contributed by atoms with Gasteiger partial charge in [0, 0.05) is 18.8 Å². The number of benzene rings is 1. The quantitative estimate of drug-likeness (QED) is 0.869. The average molecular weight is 310 g/mol. The molecule has 0 spiro atoms. The van der Waals surface area contributed by atoms with Crippen LogP contribution in [0.25, 0.3) is 0 Å². The molecule has 0 atom stereocenters. The molecule has 0 aromatic heterocycles. The Morgan fingerprint density at radius 2 is 1.86 bits per heavy atom. The van der Waals surface area contributed by atoms with E-state index in [4.69, 9.17) is 5.73 Å². The Morgan fingerprint density at radius 3 is 2.38 bits per heavy atom. The normalized spacial score (nSPS) is 19.0. The number of rotatable bonds is 4. The first-order valence-electron chi connectivity index (χ1n) is 7.62. The molecule has 1 heterocycles. The van der Waals surface area contributed by atoms with Crippen LogP contribution in [0.5, 0.6) is 0 Å². The number of sulfonamides is 1. The summed E-state index contributed by atoms with van der Waals surface area (Å²) in [4.78, 5) is 0.364. The largest absolute Gasteiger partial charge is 0.398 e. The molecule has 1 aliphatic heterocycles. The molecular weight excluding hydrogens is 284 g/mol. The third-order valence-electron chi connectivity index (χ3n) is 5.07. The minimum atomic E-state index is -3.45. The van der Waals surface area contributed by atoms with Gasteiger partial charge in [-0.25, -0.2) is 8.42 Å². The first-order chi connectivity index (χ1) is 9.75. The lowest BCUT2D eigenvalue weighted by molar-refractivity contribution is 0.279. The molecule has 21 heavy (non-hydrogen) atoms. The highest BCUT2D eigenvalue weighted by Crippen LogP contribution is 2.40. The lowest BCUT2D eigenvalue weighted by atomic mass is 9.82.